The number of rotatable bonds is 9. The molecule has 31 heavy (non-hydrogen) atoms. The van der Waals surface area contributed by atoms with Crippen molar-refractivity contribution in [3.63, 3.8) is 0 Å². The Kier molecular flexibility index (Phi) is 8.68. The summed E-state index contributed by atoms with van der Waals surface area (Å²) in [6.45, 7) is 9.51. The average molecular weight is 423 g/mol. The van der Waals surface area contributed by atoms with Crippen molar-refractivity contribution in [1.82, 2.24) is 9.80 Å². The molecule has 3 rings (SSSR count). The minimum atomic E-state index is 0.0761. The van der Waals surface area contributed by atoms with E-state index in [0.717, 1.165) is 44.0 Å². The maximum absolute atomic E-state index is 13.1. The molecule has 2 aromatic carbocycles. The quantitative estimate of drug-likeness (QED) is 0.603. The summed E-state index contributed by atoms with van der Waals surface area (Å²) >= 11 is 0. The Morgan fingerprint density at radius 1 is 1.06 bits per heavy atom. The Balaban J connectivity index is 1.53. The zero-order chi connectivity index (χ0) is 22.1. The molecular weight excluding hydrogens is 388 g/mol. The van der Waals surface area contributed by atoms with E-state index in [2.05, 4.69) is 43.0 Å². The maximum atomic E-state index is 13.1. The van der Waals surface area contributed by atoms with Crippen molar-refractivity contribution in [1.29, 1.82) is 0 Å². The Hall–Kier alpha value is -2.63. The van der Waals surface area contributed by atoms with Gasteiger partial charge in [-0.2, -0.15) is 0 Å². The van der Waals surface area contributed by atoms with Gasteiger partial charge in [-0.05, 0) is 29.7 Å². The standard InChI is InChI=1S/C26H34N2O3/c1-21(2)19-31-20-24-18-23(11-12-25(24)30-3)26(29)28-16-14-27(15-17-28)13-7-10-22-8-5-4-6-9-22/h4-12,18,21H,13-17,19-20H2,1-3H3/b10-7+. The molecule has 1 saturated heterocycles. The predicted molar refractivity (Wildman–Crippen MR) is 125 cm³/mol. The van der Waals surface area contributed by atoms with Crippen LogP contribution in [0.15, 0.2) is 54.6 Å². The highest BCUT2D eigenvalue weighted by atomic mass is 16.5. The normalized spacial score (nSPS) is 15.0. The van der Waals surface area contributed by atoms with Gasteiger partial charge in [0.1, 0.15) is 5.75 Å². The zero-order valence-corrected chi connectivity index (χ0v) is 18.9. The van der Waals surface area contributed by atoms with E-state index in [-0.39, 0.29) is 5.91 Å². The number of hydrogen-bond acceptors (Lipinski definition) is 4. The van der Waals surface area contributed by atoms with E-state index in [4.69, 9.17) is 9.47 Å². The Morgan fingerprint density at radius 3 is 2.48 bits per heavy atom. The molecule has 5 heteroatoms. The lowest BCUT2D eigenvalue weighted by atomic mass is 10.1. The molecule has 0 unspecified atom stereocenters. The first-order chi connectivity index (χ1) is 15.1. The largest absolute Gasteiger partial charge is 0.496 e. The van der Waals surface area contributed by atoms with E-state index in [1.54, 1.807) is 7.11 Å². The molecule has 1 amide bonds. The van der Waals surface area contributed by atoms with Gasteiger partial charge in [-0.3, -0.25) is 9.69 Å². The highest BCUT2D eigenvalue weighted by molar-refractivity contribution is 5.94. The second-order valence-corrected chi connectivity index (χ2v) is 8.34. The molecular formula is C26H34N2O3. The number of piperazine rings is 1. The van der Waals surface area contributed by atoms with Crippen LogP contribution in [0.5, 0.6) is 5.75 Å². The van der Waals surface area contributed by atoms with E-state index < -0.39 is 0 Å². The zero-order valence-electron chi connectivity index (χ0n) is 18.9. The molecule has 166 valence electrons. The molecule has 0 saturated carbocycles. The summed E-state index contributed by atoms with van der Waals surface area (Å²) in [5.74, 6) is 1.30. The monoisotopic (exact) mass is 422 g/mol. The summed E-state index contributed by atoms with van der Waals surface area (Å²) in [7, 11) is 1.65. The third-order valence-electron chi connectivity index (χ3n) is 5.37. The number of hydrogen-bond donors (Lipinski definition) is 0. The van der Waals surface area contributed by atoms with Crippen LogP contribution >= 0.6 is 0 Å². The smallest absolute Gasteiger partial charge is 0.253 e. The lowest BCUT2D eigenvalue weighted by Gasteiger charge is -2.34. The molecule has 1 aliphatic rings. The first-order valence-electron chi connectivity index (χ1n) is 11.0. The van der Waals surface area contributed by atoms with Crippen LogP contribution in [0.3, 0.4) is 0 Å². The minimum Gasteiger partial charge on any atom is -0.496 e. The number of methoxy groups -OCH3 is 1. The first-order valence-corrected chi connectivity index (χ1v) is 11.0. The molecule has 0 bridgehead atoms. The molecule has 5 nitrogen and oxygen atoms in total. The molecule has 2 aromatic rings. The van der Waals surface area contributed by atoms with E-state index in [1.807, 2.05) is 41.3 Å². The molecule has 1 aliphatic heterocycles. The van der Waals surface area contributed by atoms with Gasteiger partial charge in [0.2, 0.25) is 0 Å². The Bertz CT molecular complexity index is 856. The number of carbonyl (C=O) groups is 1. The summed E-state index contributed by atoms with van der Waals surface area (Å²) in [5, 5.41) is 0. The minimum absolute atomic E-state index is 0.0761. The van der Waals surface area contributed by atoms with Crippen molar-refractivity contribution in [2.45, 2.75) is 20.5 Å². The summed E-state index contributed by atoms with van der Waals surface area (Å²) < 4.78 is 11.2. The van der Waals surface area contributed by atoms with Crippen molar-refractivity contribution in [2.24, 2.45) is 5.92 Å². The van der Waals surface area contributed by atoms with Crippen LogP contribution in [-0.4, -0.2) is 62.1 Å². The summed E-state index contributed by atoms with van der Waals surface area (Å²) in [6, 6.07) is 16.0. The van der Waals surface area contributed by atoms with E-state index in [0.29, 0.717) is 24.7 Å². The van der Waals surface area contributed by atoms with Crippen molar-refractivity contribution >= 4 is 12.0 Å². The van der Waals surface area contributed by atoms with Gasteiger partial charge in [-0.15, -0.1) is 0 Å². The third-order valence-corrected chi connectivity index (χ3v) is 5.37. The molecule has 1 heterocycles. The highest BCUT2D eigenvalue weighted by Crippen LogP contribution is 2.22. The van der Waals surface area contributed by atoms with E-state index in [9.17, 15) is 4.79 Å². The van der Waals surface area contributed by atoms with Gasteiger partial charge in [0.25, 0.3) is 5.91 Å². The number of benzene rings is 2. The number of carbonyl (C=O) groups excluding carboxylic acids is 1. The average Bonchev–Trinajstić information content (AvgIpc) is 2.79. The fourth-order valence-corrected chi connectivity index (χ4v) is 3.65. The molecule has 0 aliphatic carbocycles. The Labute approximate surface area is 186 Å². The lowest BCUT2D eigenvalue weighted by Crippen LogP contribution is -2.48. The number of nitrogens with zero attached hydrogens (tertiary/aromatic N) is 2. The van der Waals surface area contributed by atoms with Crippen LogP contribution < -0.4 is 4.74 Å². The SMILES string of the molecule is COc1ccc(C(=O)N2CCN(C/C=C/c3ccccc3)CC2)cc1COCC(C)C. The van der Waals surface area contributed by atoms with E-state index in [1.165, 1.54) is 5.56 Å². The highest BCUT2D eigenvalue weighted by Gasteiger charge is 2.22. The summed E-state index contributed by atoms with van der Waals surface area (Å²) in [5.41, 5.74) is 2.82. The van der Waals surface area contributed by atoms with Gasteiger partial charge >= 0.3 is 0 Å². The van der Waals surface area contributed by atoms with Gasteiger partial charge in [-0.1, -0.05) is 56.3 Å². The molecule has 1 fully saturated rings. The van der Waals surface area contributed by atoms with Crippen molar-refractivity contribution < 1.29 is 14.3 Å². The molecule has 0 radical (unpaired) electrons. The summed E-state index contributed by atoms with van der Waals surface area (Å²) in [6.07, 6.45) is 4.34. The van der Waals surface area contributed by atoms with Gasteiger partial charge in [0, 0.05) is 50.5 Å². The van der Waals surface area contributed by atoms with Crippen LogP contribution in [0.4, 0.5) is 0 Å². The maximum Gasteiger partial charge on any atom is 0.253 e. The van der Waals surface area contributed by atoms with Crippen LogP contribution in [-0.2, 0) is 11.3 Å². The van der Waals surface area contributed by atoms with Crippen LogP contribution in [0.2, 0.25) is 0 Å². The van der Waals surface area contributed by atoms with E-state index >= 15 is 0 Å². The van der Waals surface area contributed by atoms with Gasteiger partial charge in [0.05, 0.1) is 13.7 Å². The van der Waals surface area contributed by atoms with Crippen LogP contribution in [0, 0.1) is 5.92 Å². The summed E-state index contributed by atoms with van der Waals surface area (Å²) in [4.78, 5) is 17.4. The van der Waals surface area contributed by atoms with Crippen molar-refractivity contribution in [3.05, 3.63) is 71.3 Å². The lowest BCUT2D eigenvalue weighted by molar-refractivity contribution is 0.0649. The molecule has 0 aromatic heterocycles. The van der Waals surface area contributed by atoms with Crippen molar-refractivity contribution in [3.8, 4) is 5.75 Å². The second kappa shape index (κ2) is 11.7. The number of amides is 1. The predicted octanol–water partition coefficient (Wildman–Crippen LogP) is 4.34. The first kappa shape index (κ1) is 23.0. The van der Waals surface area contributed by atoms with Gasteiger partial charge in [-0.25, -0.2) is 0 Å². The Morgan fingerprint density at radius 2 is 1.81 bits per heavy atom. The molecule has 0 N–H and O–H groups in total. The van der Waals surface area contributed by atoms with Gasteiger partial charge in [0.15, 0.2) is 0 Å². The van der Waals surface area contributed by atoms with Crippen LogP contribution in [0.1, 0.15) is 35.3 Å². The van der Waals surface area contributed by atoms with Crippen molar-refractivity contribution in [2.75, 3.05) is 46.4 Å². The molecule has 0 atom stereocenters. The second-order valence-electron chi connectivity index (χ2n) is 8.34. The van der Waals surface area contributed by atoms with Crippen LogP contribution in [0.25, 0.3) is 6.08 Å². The van der Waals surface area contributed by atoms with Gasteiger partial charge < -0.3 is 14.4 Å². The topological polar surface area (TPSA) is 42.0 Å². The number of ether oxygens (including phenoxy) is 2. The fraction of sp³-hybridized carbons (Fsp3) is 0.423. The third kappa shape index (κ3) is 6.94. The molecule has 0 spiro atoms. The fourth-order valence-electron chi connectivity index (χ4n) is 3.65.